The molecule has 0 radical (unpaired) electrons. The van der Waals surface area contributed by atoms with Crippen molar-refractivity contribution in [3.8, 4) is 11.5 Å². The number of nitrogens with zero attached hydrogens (tertiary/aromatic N) is 1. The SMILES string of the molecule is CCOc1cc(C=NNC(=O)C(=O)Nc2ccccc2C)ccc1OCc1ccc(Cl)cc1. The third-order valence-corrected chi connectivity index (χ3v) is 4.81. The Kier molecular flexibility index (Phi) is 8.43. The van der Waals surface area contributed by atoms with Gasteiger partial charge in [0.25, 0.3) is 0 Å². The van der Waals surface area contributed by atoms with E-state index in [1.807, 2.05) is 38.1 Å². The molecule has 2 amide bonds. The molecular formula is C25H24ClN3O4. The van der Waals surface area contributed by atoms with E-state index in [-0.39, 0.29) is 0 Å². The van der Waals surface area contributed by atoms with Crippen LogP contribution in [-0.4, -0.2) is 24.6 Å². The van der Waals surface area contributed by atoms with Gasteiger partial charge in [0.2, 0.25) is 0 Å². The molecule has 0 atom stereocenters. The lowest BCUT2D eigenvalue weighted by molar-refractivity contribution is -0.136. The van der Waals surface area contributed by atoms with E-state index in [0.29, 0.717) is 41.0 Å². The third-order valence-electron chi connectivity index (χ3n) is 4.55. The van der Waals surface area contributed by atoms with Gasteiger partial charge in [-0.3, -0.25) is 9.59 Å². The summed E-state index contributed by atoms with van der Waals surface area (Å²) in [6.07, 6.45) is 1.42. The van der Waals surface area contributed by atoms with Crippen LogP contribution in [0.15, 0.2) is 71.8 Å². The topological polar surface area (TPSA) is 89.0 Å². The van der Waals surface area contributed by atoms with Gasteiger partial charge in [0.05, 0.1) is 12.8 Å². The maximum atomic E-state index is 12.1. The molecule has 3 aromatic rings. The number of amides is 2. The molecule has 0 saturated heterocycles. The molecule has 0 fully saturated rings. The highest BCUT2D eigenvalue weighted by Gasteiger charge is 2.13. The highest BCUT2D eigenvalue weighted by atomic mass is 35.5. The Morgan fingerprint density at radius 3 is 2.45 bits per heavy atom. The molecule has 2 N–H and O–H groups in total. The van der Waals surface area contributed by atoms with Crippen LogP contribution < -0.4 is 20.2 Å². The molecule has 0 aliphatic heterocycles. The second kappa shape index (κ2) is 11.7. The normalized spacial score (nSPS) is 10.6. The Hall–Kier alpha value is -3.84. The van der Waals surface area contributed by atoms with Crippen molar-refractivity contribution < 1.29 is 19.1 Å². The summed E-state index contributed by atoms with van der Waals surface area (Å²) in [5, 5.41) is 7.08. The molecule has 7 nitrogen and oxygen atoms in total. The molecule has 0 unspecified atom stereocenters. The number of halogens is 1. The van der Waals surface area contributed by atoms with Crippen LogP contribution in [0.5, 0.6) is 11.5 Å². The zero-order chi connectivity index (χ0) is 23.6. The predicted octanol–water partition coefficient (Wildman–Crippen LogP) is 4.71. The van der Waals surface area contributed by atoms with Gasteiger partial charge in [-0.15, -0.1) is 0 Å². The lowest BCUT2D eigenvalue weighted by atomic mass is 10.2. The van der Waals surface area contributed by atoms with E-state index >= 15 is 0 Å². The minimum atomic E-state index is -0.873. The summed E-state index contributed by atoms with van der Waals surface area (Å²) in [6.45, 7) is 4.52. The number of hydrogen-bond donors (Lipinski definition) is 2. The summed E-state index contributed by atoms with van der Waals surface area (Å²) in [5.74, 6) is -0.561. The van der Waals surface area contributed by atoms with Gasteiger partial charge in [0.1, 0.15) is 6.61 Å². The number of benzene rings is 3. The van der Waals surface area contributed by atoms with Crippen LogP contribution in [0.2, 0.25) is 5.02 Å². The second-order valence-corrected chi connectivity index (χ2v) is 7.46. The molecule has 3 aromatic carbocycles. The van der Waals surface area contributed by atoms with E-state index in [1.54, 1.807) is 42.5 Å². The Morgan fingerprint density at radius 2 is 1.73 bits per heavy atom. The zero-order valence-electron chi connectivity index (χ0n) is 18.3. The van der Waals surface area contributed by atoms with Gasteiger partial charge in [-0.25, -0.2) is 5.43 Å². The Labute approximate surface area is 197 Å². The van der Waals surface area contributed by atoms with Crippen LogP contribution in [0.25, 0.3) is 0 Å². The third kappa shape index (κ3) is 7.08. The summed E-state index contributed by atoms with van der Waals surface area (Å²) in [4.78, 5) is 24.1. The molecule has 0 aromatic heterocycles. The number of hydrazone groups is 1. The van der Waals surface area contributed by atoms with Gasteiger partial charge < -0.3 is 14.8 Å². The van der Waals surface area contributed by atoms with E-state index in [0.717, 1.165) is 11.1 Å². The molecular weight excluding hydrogens is 442 g/mol. The standard InChI is InChI=1S/C25H24ClN3O4/c1-3-32-23-14-19(10-13-22(23)33-16-18-8-11-20(26)12-9-18)15-27-29-25(31)24(30)28-21-7-5-4-6-17(21)2/h4-15H,3,16H2,1-2H3,(H,28,30)(H,29,31). The average molecular weight is 466 g/mol. The molecule has 0 aliphatic rings. The van der Waals surface area contributed by atoms with Gasteiger partial charge in [-0.1, -0.05) is 41.9 Å². The van der Waals surface area contributed by atoms with Crippen LogP contribution >= 0.6 is 11.6 Å². The smallest absolute Gasteiger partial charge is 0.329 e. The molecule has 33 heavy (non-hydrogen) atoms. The van der Waals surface area contributed by atoms with E-state index < -0.39 is 11.8 Å². The number of aryl methyl sites for hydroxylation is 1. The van der Waals surface area contributed by atoms with Crippen LogP contribution in [0.4, 0.5) is 5.69 Å². The first-order valence-corrected chi connectivity index (χ1v) is 10.7. The molecule has 170 valence electrons. The summed E-state index contributed by atoms with van der Waals surface area (Å²) in [7, 11) is 0. The van der Waals surface area contributed by atoms with Gasteiger partial charge in [0, 0.05) is 10.7 Å². The van der Waals surface area contributed by atoms with Gasteiger partial charge in [-0.05, 0) is 66.9 Å². The Morgan fingerprint density at radius 1 is 0.970 bits per heavy atom. The van der Waals surface area contributed by atoms with Crippen molar-refractivity contribution in [3.05, 3.63) is 88.4 Å². The quantitative estimate of drug-likeness (QED) is 0.286. The summed E-state index contributed by atoms with van der Waals surface area (Å²) in [6, 6.07) is 19.8. The van der Waals surface area contributed by atoms with Crippen LogP contribution in [0, 0.1) is 6.92 Å². The van der Waals surface area contributed by atoms with Crippen molar-refractivity contribution >= 4 is 35.3 Å². The first-order chi connectivity index (χ1) is 16.0. The molecule has 0 spiro atoms. The Balaban J connectivity index is 1.59. The Bertz CT molecular complexity index is 1150. The van der Waals surface area contributed by atoms with Gasteiger partial charge >= 0.3 is 11.8 Å². The van der Waals surface area contributed by atoms with Gasteiger partial charge in [-0.2, -0.15) is 5.10 Å². The molecule has 0 heterocycles. The maximum absolute atomic E-state index is 12.1. The first-order valence-electron chi connectivity index (χ1n) is 10.3. The second-order valence-electron chi connectivity index (χ2n) is 7.02. The predicted molar refractivity (Wildman–Crippen MR) is 129 cm³/mol. The van der Waals surface area contributed by atoms with Crippen molar-refractivity contribution in [1.82, 2.24) is 5.43 Å². The largest absolute Gasteiger partial charge is 0.490 e. The van der Waals surface area contributed by atoms with Crippen molar-refractivity contribution in [2.24, 2.45) is 5.10 Å². The minimum Gasteiger partial charge on any atom is -0.490 e. The fraction of sp³-hybridized carbons (Fsp3) is 0.160. The van der Waals surface area contributed by atoms with Crippen molar-refractivity contribution in [3.63, 3.8) is 0 Å². The lowest BCUT2D eigenvalue weighted by Gasteiger charge is -2.12. The van der Waals surface area contributed by atoms with E-state index in [1.165, 1.54) is 6.21 Å². The number of hydrogen-bond acceptors (Lipinski definition) is 5. The highest BCUT2D eigenvalue weighted by molar-refractivity contribution is 6.39. The summed E-state index contributed by atoms with van der Waals surface area (Å²) in [5.41, 5.74) is 5.28. The average Bonchev–Trinajstić information content (AvgIpc) is 2.81. The monoisotopic (exact) mass is 465 g/mol. The van der Waals surface area contributed by atoms with Crippen LogP contribution in [0.3, 0.4) is 0 Å². The first kappa shape index (κ1) is 23.8. The minimum absolute atomic E-state index is 0.358. The van der Waals surface area contributed by atoms with E-state index in [9.17, 15) is 9.59 Å². The maximum Gasteiger partial charge on any atom is 0.329 e. The van der Waals surface area contributed by atoms with Crippen LogP contribution in [0.1, 0.15) is 23.6 Å². The van der Waals surface area contributed by atoms with Crippen LogP contribution in [-0.2, 0) is 16.2 Å². The molecule has 0 aliphatic carbocycles. The molecule has 0 saturated carbocycles. The fourth-order valence-corrected chi connectivity index (χ4v) is 2.97. The van der Waals surface area contributed by atoms with E-state index in [2.05, 4.69) is 15.8 Å². The number of nitrogens with one attached hydrogen (secondary N) is 2. The number of ether oxygens (including phenoxy) is 2. The molecule has 8 heteroatoms. The number of carbonyl (C=O) groups is 2. The number of anilines is 1. The highest BCUT2D eigenvalue weighted by Crippen LogP contribution is 2.29. The molecule has 3 rings (SSSR count). The zero-order valence-corrected chi connectivity index (χ0v) is 19.1. The van der Waals surface area contributed by atoms with Crippen molar-refractivity contribution in [2.45, 2.75) is 20.5 Å². The fourth-order valence-electron chi connectivity index (χ4n) is 2.84. The van der Waals surface area contributed by atoms with Crippen molar-refractivity contribution in [2.75, 3.05) is 11.9 Å². The number of rotatable bonds is 8. The number of para-hydroxylation sites is 1. The lowest BCUT2D eigenvalue weighted by Crippen LogP contribution is -2.32. The van der Waals surface area contributed by atoms with Gasteiger partial charge in [0.15, 0.2) is 11.5 Å². The van der Waals surface area contributed by atoms with Crippen molar-refractivity contribution in [1.29, 1.82) is 0 Å². The summed E-state index contributed by atoms with van der Waals surface area (Å²) < 4.78 is 11.5. The summed E-state index contributed by atoms with van der Waals surface area (Å²) >= 11 is 5.91. The van der Waals surface area contributed by atoms with E-state index in [4.69, 9.17) is 21.1 Å². The number of carbonyl (C=O) groups excluding carboxylic acids is 2. The molecule has 0 bridgehead atoms.